The second-order valence-electron chi connectivity index (χ2n) is 4.63. The van der Waals surface area contributed by atoms with E-state index < -0.39 is 0 Å². The third-order valence-electron chi connectivity index (χ3n) is 3.31. The quantitative estimate of drug-likeness (QED) is 0.693. The predicted molar refractivity (Wildman–Crippen MR) is 83.3 cm³/mol. The van der Waals surface area contributed by atoms with Gasteiger partial charge in [-0.3, -0.25) is 0 Å². The summed E-state index contributed by atoms with van der Waals surface area (Å²) in [7, 11) is 0. The standard InChI is InChI=1S/C19H16O/c1-2-16-13-14-19(20-16)18-12-8-7-11-17(18)15-9-5-3-4-6-10-15/h3-9,11-14H,2H2,1H3. The summed E-state index contributed by atoms with van der Waals surface area (Å²) in [6.07, 6.45) is 10.9. The largest absolute Gasteiger partial charge is 0.461 e. The summed E-state index contributed by atoms with van der Waals surface area (Å²) in [5, 5.41) is 0. The average Bonchev–Trinajstić information content (AvgIpc) is 2.81. The molecule has 0 saturated heterocycles. The molecule has 0 saturated carbocycles. The van der Waals surface area contributed by atoms with E-state index in [-0.39, 0.29) is 0 Å². The topological polar surface area (TPSA) is 13.1 Å². The van der Waals surface area contributed by atoms with Crippen LogP contribution < -0.4 is 0 Å². The lowest BCUT2D eigenvalue weighted by molar-refractivity contribution is 0.529. The molecule has 0 unspecified atom stereocenters. The zero-order valence-corrected chi connectivity index (χ0v) is 11.5. The molecule has 0 radical (unpaired) electrons. The molecule has 98 valence electrons. The van der Waals surface area contributed by atoms with E-state index >= 15 is 0 Å². The van der Waals surface area contributed by atoms with Gasteiger partial charge in [-0.1, -0.05) is 49.4 Å². The van der Waals surface area contributed by atoms with Gasteiger partial charge in [0.2, 0.25) is 0 Å². The molecule has 0 aliphatic heterocycles. The maximum absolute atomic E-state index is 5.89. The molecular weight excluding hydrogens is 244 g/mol. The van der Waals surface area contributed by atoms with Crippen LogP contribution in [0.4, 0.5) is 0 Å². The van der Waals surface area contributed by atoms with Gasteiger partial charge in [-0.25, -0.2) is 0 Å². The van der Waals surface area contributed by atoms with Crippen LogP contribution in [-0.2, 0) is 6.42 Å². The van der Waals surface area contributed by atoms with Gasteiger partial charge < -0.3 is 4.42 Å². The molecule has 1 heteroatoms. The third-order valence-corrected chi connectivity index (χ3v) is 3.31. The Morgan fingerprint density at radius 3 is 2.60 bits per heavy atom. The molecule has 0 N–H and O–H groups in total. The van der Waals surface area contributed by atoms with Gasteiger partial charge in [-0.15, -0.1) is 5.73 Å². The molecule has 1 aromatic heterocycles. The minimum Gasteiger partial charge on any atom is -0.461 e. The Balaban J connectivity index is 2.11. The van der Waals surface area contributed by atoms with Crippen molar-refractivity contribution >= 4 is 5.57 Å². The Hall–Kier alpha value is -2.50. The molecule has 1 nitrogen and oxygen atoms in total. The van der Waals surface area contributed by atoms with Gasteiger partial charge in [0.05, 0.1) is 0 Å². The fourth-order valence-corrected chi connectivity index (χ4v) is 2.27. The maximum Gasteiger partial charge on any atom is 0.134 e. The zero-order chi connectivity index (χ0) is 13.8. The summed E-state index contributed by atoms with van der Waals surface area (Å²) in [5.41, 5.74) is 6.62. The Morgan fingerprint density at radius 2 is 1.80 bits per heavy atom. The Morgan fingerprint density at radius 1 is 0.950 bits per heavy atom. The number of furan rings is 1. The number of hydrogen-bond donors (Lipinski definition) is 0. The highest BCUT2D eigenvalue weighted by Crippen LogP contribution is 2.31. The molecule has 3 rings (SSSR count). The summed E-state index contributed by atoms with van der Waals surface area (Å²) in [6.45, 7) is 2.10. The van der Waals surface area contributed by atoms with Crippen molar-refractivity contribution in [2.24, 2.45) is 0 Å². The fraction of sp³-hybridized carbons (Fsp3) is 0.105. The molecule has 0 amide bonds. The molecule has 20 heavy (non-hydrogen) atoms. The van der Waals surface area contributed by atoms with Crippen LogP contribution in [0.2, 0.25) is 0 Å². The minimum atomic E-state index is 0.911. The van der Waals surface area contributed by atoms with Crippen LogP contribution in [0.1, 0.15) is 18.2 Å². The lowest BCUT2D eigenvalue weighted by Crippen LogP contribution is -1.85. The van der Waals surface area contributed by atoms with Gasteiger partial charge in [0.15, 0.2) is 0 Å². The Labute approximate surface area is 119 Å². The smallest absolute Gasteiger partial charge is 0.134 e. The minimum absolute atomic E-state index is 0.911. The number of aryl methyl sites for hydroxylation is 1. The molecule has 1 aliphatic rings. The maximum atomic E-state index is 5.89. The van der Waals surface area contributed by atoms with Crippen molar-refractivity contribution in [1.29, 1.82) is 0 Å². The van der Waals surface area contributed by atoms with Crippen LogP contribution in [0.15, 0.2) is 76.9 Å². The van der Waals surface area contributed by atoms with Crippen molar-refractivity contribution < 1.29 is 4.42 Å². The van der Waals surface area contributed by atoms with Gasteiger partial charge in [0.25, 0.3) is 0 Å². The van der Waals surface area contributed by atoms with Crippen LogP contribution >= 0.6 is 0 Å². The molecule has 0 bridgehead atoms. The Bertz CT molecular complexity index is 735. The van der Waals surface area contributed by atoms with Crippen LogP contribution in [-0.4, -0.2) is 0 Å². The van der Waals surface area contributed by atoms with Gasteiger partial charge >= 0.3 is 0 Å². The first kappa shape index (κ1) is 12.5. The molecule has 2 aromatic rings. The monoisotopic (exact) mass is 260 g/mol. The molecule has 1 aromatic carbocycles. The molecule has 0 fully saturated rings. The number of allylic oxidation sites excluding steroid dienone is 5. The first-order valence-electron chi connectivity index (χ1n) is 6.87. The average molecular weight is 260 g/mol. The van der Waals surface area contributed by atoms with Crippen molar-refractivity contribution in [1.82, 2.24) is 0 Å². The molecule has 0 spiro atoms. The zero-order valence-electron chi connectivity index (χ0n) is 11.5. The van der Waals surface area contributed by atoms with Crippen molar-refractivity contribution in [3.63, 3.8) is 0 Å². The first-order chi connectivity index (χ1) is 9.88. The lowest BCUT2D eigenvalue weighted by atomic mass is 9.98. The van der Waals surface area contributed by atoms with E-state index in [9.17, 15) is 0 Å². The molecular formula is C19H16O. The van der Waals surface area contributed by atoms with E-state index in [0.717, 1.165) is 34.6 Å². The summed E-state index contributed by atoms with van der Waals surface area (Å²) in [4.78, 5) is 0. The van der Waals surface area contributed by atoms with Crippen LogP contribution in [0.3, 0.4) is 0 Å². The van der Waals surface area contributed by atoms with E-state index in [1.54, 1.807) is 0 Å². The third kappa shape index (κ3) is 2.45. The lowest BCUT2D eigenvalue weighted by Gasteiger charge is -2.06. The SMILES string of the molecule is CCc1ccc(-c2ccccc2C2=C=CC=CC=C2)o1. The molecule has 1 heterocycles. The van der Waals surface area contributed by atoms with Gasteiger partial charge in [0.1, 0.15) is 11.5 Å². The number of rotatable bonds is 3. The van der Waals surface area contributed by atoms with Crippen LogP contribution in [0.5, 0.6) is 0 Å². The number of hydrogen-bond acceptors (Lipinski definition) is 1. The molecule has 0 atom stereocenters. The highest BCUT2D eigenvalue weighted by Gasteiger charge is 2.10. The first-order valence-corrected chi connectivity index (χ1v) is 6.87. The highest BCUT2D eigenvalue weighted by molar-refractivity contribution is 5.84. The predicted octanol–water partition coefficient (Wildman–Crippen LogP) is 5.17. The summed E-state index contributed by atoms with van der Waals surface area (Å²) < 4.78 is 5.89. The number of benzene rings is 1. The van der Waals surface area contributed by atoms with Crippen molar-refractivity contribution in [2.45, 2.75) is 13.3 Å². The van der Waals surface area contributed by atoms with Gasteiger partial charge in [0, 0.05) is 23.1 Å². The molecule has 1 aliphatic carbocycles. The van der Waals surface area contributed by atoms with Crippen molar-refractivity contribution in [3.8, 4) is 11.3 Å². The van der Waals surface area contributed by atoms with Crippen molar-refractivity contribution in [2.75, 3.05) is 0 Å². The van der Waals surface area contributed by atoms with E-state index in [2.05, 4.69) is 30.9 Å². The fourth-order valence-electron chi connectivity index (χ4n) is 2.27. The second-order valence-corrected chi connectivity index (χ2v) is 4.63. The van der Waals surface area contributed by atoms with Gasteiger partial charge in [-0.05, 0) is 24.3 Å². The summed E-state index contributed by atoms with van der Waals surface area (Å²) in [6, 6.07) is 12.4. The van der Waals surface area contributed by atoms with E-state index in [4.69, 9.17) is 4.42 Å². The van der Waals surface area contributed by atoms with Crippen molar-refractivity contribution in [3.05, 3.63) is 83.8 Å². The summed E-state index contributed by atoms with van der Waals surface area (Å²) >= 11 is 0. The Kier molecular flexibility index (Phi) is 3.54. The van der Waals surface area contributed by atoms with E-state index in [0.29, 0.717) is 0 Å². The second kappa shape index (κ2) is 5.64. The van der Waals surface area contributed by atoms with E-state index in [1.807, 2.05) is 48.6 Å². The van der Waals surface area contributed by atoms with Crippen LogP contribution in [0.25, 0.3) is 16.9 Å². The summed E-state index contributed by atoms with van der Waals surface area (Å²) in [5.74, 6) is 1.93. The highest BCUT2D eigenvalue weighted by atomic mass is 16.3. The van der Waals surface area contributed by atoms with Gasteiger partial charge in [-0.2, -0.15) is 0 Å². The van der Waals surface area contributed by atoms with Crippen LogP contribution in [0, 0.1) is 0 Å². The normalized spacial score (nSPS) is 13.3. The van der Waals surface area contributed by atoms with E-state index in [1.165, 1.54) is 0 Å².